The summed E-state index contributed by atoms with van der Waals surface area (Å²) in [5.74, 6) is 0. The van der Waals surface area contributed by atoms with Gasteiger partial charge < -0.3 is 5.73 Å². The lowest BCUT2D eigenvalue weighted by atomic mass is 9.94. The molecule has 0 amide bonds. The maximum atomic E-state index is 6.49. The minimum atomic E-state index is 0.255. The molecule has 0 saturated carbocycles. The minimum Gasteiger partial charge on any atom is -0.326 e. The predicted octanol–water partition coefficient (Wildman–Crippen LogP) is 1.17. The Morgan fingerprint density at radius 1 is 1.16 bits per heavy atom. The van der Waals surface area contributed by atoms with Crippen molar-refractivity contribution in [3.05, 3.63) is 34.9 Å². The van der Waals surface area contributed by atoms with E-state index in [1.807, 2.05) is 0 Å². The van der Waals surface area contributed by atoms with E-state index in [1.165, 1.54) is 42.9 Å². The Morgan fingerprint density at radius 2 is 1.89 bits per heavy atom. The lowest BCUT2D eigenvalue weighted by Crippen LogP contribution is -2.66. The summed E-state index contributed by atoms with van der Waals surface area (Å²) < 4.78 is 0. The van der Waals surface area contributed by atoms with Gasteiger partial charge in [0.15, 0.2) is 0 Å². The number of nitrogens with two attached hydrogens (primary N) is 1. The molecule has 3 aliphatic heterocycles. The number of hydrogen-bond acceptors (Lipinski definition) is 3. The average Bonchev–Trinajstić information content (AvgIpc) is 2.44. The first-order valence-corrected chi connectivity index (χ1v) is 7.41. The van der Waals surface area contributed by atoms with Crippen molar-refractivity contribution in [2.45, 2.75) is 32.4 Å². The van der Waals surface area contributed by atoms with E-state index in [2.05, 4.69) is 41.8 Å². The quantitative estimate of drug-likeness (QED) is 0.884. The molecule has 3 heterocycles. The molecule has 2 unspecified atom stereocenters. The summed E-state index contributed by atoms with van der Waals surface area (Å²) in [6, 6.07) is 7.55. The van der Waals surface area contributed by atoms with E-state index < -0.39 is 0 Å². The predicted molar refractivity (Wildman–Crippen MR) is 79.4 cm³/mol. The Hall–Kier alpha value is -0.900. The standard InChI is InChI=1S/C16H25N3/c1-12-3-4-14(9-13(12)2)10-15(17)16-11-18-5-7-19(16)8-6-18/h3-4,9,15-16H,5-8,10-11,17H2,1-2H3. The van der Waals surface area contributed by atoms with Crippen molar-refractivity contribution >= 4 is 0 Å². The van der Waals surface area contributed by atoms with Gasteiger partial charge in [0.25, 0.3) is 0 Å². The van der Waals surface area contributed by atoms with E-state index in [0.717, 1.165) is 13.0 Å². The van der Waals surface area contributed by atoms with Gasteiger partial charge in [-0.1, -0.05) is 18.2 Å². The third kappa shape index (κ3) is 2.69. The Morgan fingerprint density at radius 3 is 2.47 bits per heavy atom. The van der Waals surface area contributed by atoms with Crippen LogP contribution in [0.4, 0.5) is 0 Å². The number of aryl methyl sites for hydroxylation is 2. The van der Waals surface area contributed by atoms with E-state index in [4.69, 9.17) is 5.73 Å². The van der Waals surface area contributed by atoms with E-state index in [0.29, 0.717) is 6.04 Å². The van der Waals surface area contributed by atoms with Crippen LogP contribution in [0.2, 0.25) is 0 Å². The fourth-order valence-electron chi connectivity index (χ4n) is 3.40. The van der Waals surface area contributed by atoms with Crippen LogP contribution in [0.1, 0.15) is 16.7 Å². The molecule has 3 heteroatoms. The van der Waals surface area contributed by atoms with Gasteiger partial charge in [0.2, 0.25) is 0 Å². The highest BCUT2D eigenvalue weighted by Gasteiger charge is 2.35. The van der Waals surface area contributed by atoms with Crippen LogP contribution in [0.5, 0.6) is 0 Å². The molecule has 4 rings (SSSR count). The molecule has 3 saturated heterocycles. The molecule has 0 radical (unpaired) electrons. The highest BCUT2D eigenvalue weighted by molar-refractivity contribution is 5.30. The van der Waals surface area contributed by atoms with Gasteiger partial charge in [-0.05, 0) is 37.0 Å². The third-order valence-electron chi connectivity index (χ3n) is 4.86. The zero-order chi connectivity index (χ0) is 13.4. The van der Waals surface area contributed by atoms with Crippen LogP contribution < -0.4 is 5.73 Å². The van der Waals surface area contributed by atoms with Gasteiger partial charge in [0, 0.05) is 44.8 Å². The lowest BCUT2D eigenvalue weighted by Gasteiger charge is -2.49. The van der Waals surface area contributed by atoms with Gasteiger partial charge in [-0.2, -0.15) is 0 Å². The smallest absolute Gasteiger partial charge is 0.0378 e. The van der Waals surface area contributed by atoms with Crippen molar-refractivity contribution < 1.29 is 0 Å². The summed E-state index contributed by atoms with van der Waals surface area (Å²) in [6.45, 7) is 10.4. The molecule has 0 aliphatic carbocycles. The van der Waals surface area contributed by atoms with Crippen LogP contribution in [0.25, 0.3) is 0 Å². The van der Waals surface area contributed by atoms with Gasteiger partial charge in [-0.25, -0.2) is 0 Å². The molecule has 19 heavy (non-hydrogen) atoms. The van der Waals surface area contributed by atoms with Gasteiger partial charge in [-0.3, -0.25) is 9.80 Å². The SMILES string of the molecule is Cc1ccc(CC(N)C2CN3CCN2CC3)cc1C. The molecule has 0 aromatic heterocycles. The third-order valence-corrected chi connectivity index (χ3v) is 4.86. The van der Waals surface area contributed by atoms with Crippen LogP contribution >= 0.6 is 0 Å². The van der Waals surface area contributed by atoms with E-state index in [-0.39, 0.29) is 6.04 Å². The Balaban J connectivity index is 1.67. The molecule has 0 spiro atoms. The normalized spacial score (nSPS) is 31.4. The van der Waals surface area contributed by atoms with Gasteiger partial charge in [-0.15, -0.1) is 0 Å². The van der Waals surface area contributed by atoms with Crippen molar-refractivity contribution in [3.8, 4) is 0 Å². The van der Waals surface area contributed by atoms with Gasteiger partial charge in [0.05, 0.1) is 0 Å². The zero-order valence-electron chi connectivity index (χ0n) is 12.1. The summed E-state index contributed by atoms with van der Waals surface area (Å²) in [7, 11) is 0. The number of benzene rings is 1. The minimum absolute atomic E-state index is 0.255. The summed E-state index contributed by atoms with van der Waals surface area (Å²) in [5.41, 5.74) is 10.6. The maximum absolute atomic E-state index is 6.49. The first kappa shape index (κ1) is 13.1. The first-order valence-electron chi connectivity index (χ1n) is 7.41. The van der Waals surface area contributed by atoms with Crippen LogP contribution in [-0.4, -0.2) is 54.6 Å². The van der Waals surface area contributed by atoms with Crippen molar-refractivity contribution in [2.75, 3.05) is 32.7 Å². The topological polar surface area (TPSA) is 32.5 Å². The average molecular weight is 259 g/mol. The Labute approximate surface area is 116 Å². The molecule has 1 aromatic rings. The zero-order valence-corrected chi connectivity index (χ0v) is 12.1. The fraction of sp³-hybridized carbons (Fsp3) is 0.625. The summed E-state index contributed by atoms with van der Waals surface area (Å²) in [5, 5.41) is 0. The lowest BCUT2D eigenvalue weighted by molar-refractivity contribution is 0.00258. The number of nitrogens with zero attached hydrogens (tertiary/aromatic N) is 2. The van der Waals surface area contributed by atoms with Crippen molar-refractivity contribution in [1.82, 2.24) is 9.80 Å². The second-order valence-electron chi connectivity index (χ2n) is 6.19. The van der Waals surface area contributed by atoms with E-state index in [9.17, 15) is 0 Å². The number of hydrogen-bond donors (Lipinski definition) is 1. The first-order chi connectivity index (χ1) is 9.13. The van der Waals surface area contributed by atoms with Crippen LogP contribution in [0.3, 0.4) is 0 Å². The number of piperazine rings is 3. The molecule has 3 nitrogen and oxygen atoms in total. The Bertz CT molecular complexity index is 449. The summed E-state index contributed by atoms with van der Waals surface area (Å²) in [4.78, 5) is 5.15. The van der Waals surface area contributed by atoms with Crippen LogP contribution in [0.15, 0.2) is 18.2 Å². The van der Waals surface area contributed by atoms with Crippen molar-refractivity contribution in [2.24, 2.45) is 5.73 Å². The molecule has 3 fully saturated rings. The molecule has 2 N–H and O–H groups in total. The molecule has 2 atom stereocenters. The van der Waals surface area contributed by atoms with E-state index >= 15 is 0 Å². The molecular formula is C16H25N3. The second kappa shape index (κ2) is 5.23. The van der Waals surface area contributed by atoms with Crippen molar-refractivity contribution in [1.29, 1.82) is 0 Å². The fourth-order valence-corrected chi connectivity index (χ4v) is 3.40. The molecule has 2 bridgehead atoms. The van der Waals surface area contributed by atoms with Crippen molar-refractivity contribution in [3.63, 3.8) is 0 Å². The number of rotatable bonds is 3. The molecule has 104 valence electrons. The van der Waals surface area contributed by atoms with Crippen LogP contribution in [0, 0.1) is 13.8 Å². The van der Waals surface area contributed by atoms with Gasteiger partial charge in [0.1, 0.15) is 0 Å². The van der Waals surface area contributed by atoms with Gasteiger partial charge >= 0.3 is 0 Å². The monoisotopic (exact) mass is 259 g/mol. The Kier molecular flexibility index (Phi) is 3.61. The maximum Gasteiger partial charge on any atom is 0.0378 e. The number of fused-ring (bicyclic) bond motifs is 3. The highest BCUT2D eigenvalue weighted by Crippen LogP contribution is 2.20. The largest absolute Gasteiger partial charge is 0.326 e. The summed E-state index contributed by atoms with van der Waals surface area (Å²) >= 11 is 0. The molecule has 1 aromatic carbocycles. The van der Waals surface area contributed by atoms with Crippen LogP contribution in [-0.2, 0) is 6.42 Å². The second-order valence-corrected chi connectivity index (χ2v) is 6.19. The highest BCUT2D eigenvalue weighted by atomic mass is 15.3. The summed E-state index contributed by atoms with van der Waals surface area (Å²) in [6.07, 6.45) is 0.996. The van der Waals surface area contributed by atoms with E-state index in [1.54, 1.807) is 0 Å². The molecular weight excluding hydrogens is 234 g/mol. The molecule has 3 aliphatic rings.